The lowest BCUT2D eigenvalue weighted by Gasteiger charge is -2.40. The molecule has 0 N–H and O–H groups in total. The van der Waals surface area contributed by atoms with E-state index >= 15 is 0 Å². The molecule has 1 fully saturated rings. The molecule has 2 atom stereocenters. The SMILES string of the molecule is CCCCC1(C)CCCCC1C. The van der Waals surface area contributed by atoms with Crippen LogP contribution in [-0.2, 0) is 0 Å². The van der Waals surface area contributed by atoms with Gasteiger partial charge in [0, 0.05) is 0 Å². The first kappa shape index (κ1) is 10.1. The Morgan fingerprint density at radius 3 is 2.67 bits per heavy atom. The second kappa shape index (κ2) is 4.30. The minimum atomic E-state index is 0.689. The second-order valence-electron chi connectivity index (χ2n) is 4.90. The minimum Gasteiger partial charge on any atom is -0.0654 e. The Kier molecular flexibility index (Phi) is 3.61. The molecule has 1 rings (SSSR count). The van der Waals surface area contributed by atoms with Crippen LogP contribution in [0.1, 0.15) is 65.7 Å². The quantitative estimate of drug-likeness (QED) is 0.586. The summed E-state index contributed by atoms with van der Waals surface area (Å²) < 4.78 is 0. The normalized spacial score (nSPS) is 36.8. The van der Waals surface area contributed by atoms with Crippen LogP contribution in [0.5, 0.6) is 0 Å². The zero-order valence-corrected chi connectivity index (χ0v) is 9.03. The van der Waals surface area contributed by atoms with Crippen molar-refractivity contribution in [2.24, 2.45) is 11.3 Å². The van der Waals surface area contributed by atoms with Crippen LogP contribution < -0.4 is 0 Å². The predicted octanol–water partition coefficient (Wildman–Crippen LogP) is 4.39. The fourth-order valence-electron chi connectivity index (χ4n) is 2.53. The molecule has 0 heteroatoms. The number of rotatable bonds is 3. The first-order valence-electron chi connectivity index (χ1n) is 5.69. The molecule has 1 aliphatic carbocycles. The highest BCUT2D eigenvalue weighted by atomic mass is 14.4. The second-order valence-corrected chi connectivity index (χ2v) is 4.90. The van der Waals surface area contributed by atoms with E-state index in [0.29, 0.717) is 5.41 Å². The van der Waals surface area contributed by atoms with E-state index in [-0.39, 0.29) is 0 Å². The van der Waals surface area contributed by atoms with E-state index < -0.39 is 0 Å². The molecule has 0 spiro atoms. The molecular weight excluding hydrogens is 144 g/mol. The Hall–Kier alpha value is 0. The molecule has 0 aromatic carbocycles. The summed E-state index contributed by atoms with van der Waals surface area (Å²) in [4.78, 5) is 0. The van der Waals surface area contributed by atoms with Crippen molar-refractivity contribution < 1.29 is 0 Å². The predicted molar refractivity (Wildman–Crippen MR) is 55.3 cm³/mol. The number of unbranched alkanes of at least 4 members (excludes halogenated alkanes) is 1. The molecule has 0 saturated heterocycles. The summed E-state index contributed by atoms with van der Waals surface area (Å²) in [6, 6.07) is 0. The van der Waals surface area contributed by atoms with Gasteiger partial charge in [0.1, 0.15) is 0 Å². The van der Waals surface area contributed by atoms with Gasteiger partial charge in [-0.1, -0.05) is 52.9 Å². The molecular formula is C12H24. The van der Waals surface area contributed by atoms with Crippen LogP contribution >= 0.6 is 0 Å². The third kappa shape index (κ3) is 2.24. The fourth-order valence-corrected chi connectivity index (χ4v) is 2.53. The maximum absolute atomic E-state index is 2.51. The standard InChI is InChI=1S/C12H24/c1-4-5-9-12(3)10-7-6-8-11(12)2/h11H,4-10H2,1-3H3. The summed E-state index contributed by atoms with van der Waals surface area (Å²) in [6.07, 6.45) is 10.2. The maximum atomic E-state index is 2.51. The van der Waals surface area contributed by atoms with Gasteiger partial charge < -0.3 is 0 Å². The van der Waals surface area contributed by atoms with E-state index in [4.69, 9.17) is 0 Å². The highest BCUT2D eigenvalue weighted by molar-refractivity contribution is 4.83. The average Bonchev–Trinajstić information content (AvgIpc) is 2.07. The molecule has 72 valence electrons. The van der Waals surface area contributed by atoms with Crippen LogP contribution in [0.25, 0.3) is 0 Å². The summed E-state index contributed by atoms with van der Waals surface area (Å²) in [5, 5.41) is 0. The first-order valence-corrected chi connectivity index (χ1v) is 5.69. The summed E-state index contributed by atoms with van der Waals surface area (Å²) >= 11 is 0. The van der Waals surface area contributed by atoms with Crippen LogP contribution in [0.15, 0.2) is 0 Å². The van der Waals surface area contributed by atoms with Gasteiger partial charge >= 0.3 is 0 Å². The van der Waals surface area contributed by atoms with Crippen molar-refractivity contribution in [3.63, 3.8) is 0 Å². The van der Waals surface area contributed by atoms with Gasteiger partial charge in [-0.25, -0.2) is 0 Å². The smallest absolute Gasteiger partial charge is 0.0300 e. The summed E-state index contributed by atoms with van der Waals surface area (Å²) in [5.74, 6) is 0.970. The van der Waals surface area contributed by atoms with E-state index in [1.807, 2.05) is 0 Å². The monoisotopic (exact) mass is 168 g/mol. The fraction of sp³-hybridized carbons (Fsp3) is 1.00. The van der Waals surface area contributed by atoms with Gasteiger partial charge in [-0.05, 0) is 24.2 Å². The molecule has 12 heavy (non-hydrogen) atoms. The molecule has 0 aromatic heterocycles. The van der Waals surface area contributed by atoms with Crippen LogP contribution in [0.4, 0.5) is 0 Å². The molecule has 0 aromatic rings. The lowest BCUT2D eigenvalue weighted by molar-refractivity contribution is 0.115. The van der Waals surface area contributed by atoms with Crippen molar-refractivity contribution in [2.45, 2.75) is 65.7 Å². The van der Waals surface area contributed by atoms with E-state index in [1.165, 1.54) is 44.9 Å². The van der Waals surface area contributed by atoms with Crippen molar-refractivity contribution >= 4 is 0 Å². The summed E-state index contributed by atoms with van der Waals surface area (Å²) in [7, 11) is 0. The Morgan fingerprint density at radius 2 is 2.08 bits per heavy atom. The molecule has 2 unspecified atom stereocenters. The highest BCUT2D eigenvalue weighted by Gasteiger charge is 2.32. The van der Waals surface area contributed by atoms with E-state index in [9.17, 15) is 0 Å². The summed E-state index contributed by atoms with van der Waals surface area (Å²) in [5.41, 5.74) is 0.689. The van der Waals surface area contributed by atoms with Crippen LogP contribution in [-0.4, -0.2) is 0 Å². The van der Waals surface area contributed by atoms with Gasteiger partial charge in [0.15, 0.2) is 0 Å². The Labute approximate surface area is 77.7 Å². The molecule has 0 nitrogen and oxygen atoms in total. The number of hydrogen-bond donors (Lipinski definition) is 0. The molecule has 1 saturated carbocycles. The van der Waals surface area contributed by atoms with Crippen LogP contribution in [0.2, 0.25) is 0 Å². The molecule has 0 bridgehead atoms. The first-order chi connectivity index (χ1) is 5.69. The van der Waals surface area contributed by atoms with Gasteiger partial charge in [-0.15, -0.1) is 0 Å². The van der Waals surface area contributed by atoms with Gasteiger partial charge in [0.25, 0.3) is 0 Å². The van der Waals surface area contributed by atoms with Gasteiger partial charge in [0.2, 0.25) is 0 Å². The summed E-state index contributed by atoms with van der Waals surface area (Å²) in [6.45, 7) is 7.26. The lowest BCUT2D eigenvalue weighted by atomic mass is 9.66. The van der Waals surface area contributed by atoms with E-state index in [1.54, 1.807) is 0 Å². The highest BCUT2D eigenvalue weighted by Crippen LogP contribution is 2.44. The zero-order valence-electron chi connectivity index (χ0n) is 9.03. The third-order valence-corrected chi connectivity index (χ3v) is 3.93. The molecule has 0 radical (unpaired) electrons. The number of hydrogen-bond acceptors (Lipinski definition) is 0. The van der Waals surface area contributed by atoms with Crippen molar-refractivity contribution in [2.75, 3.05) is 0 Å². The molecule has 0 heterocycles. The van der Waals surface area contributed by atoms with Gasteiger partial charge in [-0.2, -0.15) is 0 Å². The minimum absolute atomic E-state index is 0.689. The van der Waals surface area contributed by atoms with Crippen molar-refractivity contribution in [1.29, 1.82) is 0 Å². The van der Waals surface area contributed by atoms with Gasteiger partial charge in [0.05, 0.1) is 0 Å². The van der Waals surface area contributed by atoms with E-state index in [2.05, 4.69) is 20.8 Å². The lowest BCUT2D eigenvalue weighted by Crippen LogP contribution is -2.28. The van der Waals surface area contributed by atoms with Crippen molar-refractivity contribution in [1.82, 2.24) is 0 Å². The molecule has 1 aliphatic rings. The average molecular weight is 168 g/mol. The van der Waals surface area contributed by atoms with E-state index in [0.717, 1.165) is 5.92 Å². The van der Waals surface area contributed by atoms with Crippen LogP contribution in [0.3, 0.4) is 0 Å². The van der Waals surface area contributed by atoms with Crippen molar-refractivity contribution in [3.8, 4) is 0 Å². The topological polar surface area (TPSA) is 0 Å². The molecule has 0 aliphatic heterocycles. The Morgan fingerprint density at radius 1 is 1.33 bits per heavy atom. The largest absolute Gasteiger partial charge is 0.0654 e. The van der Waals surface area contributed by atoms with Crippen molar-refractivity contribution in [3.05, 3.63) is 0 Å². The third-order valence-electron chi connectivity index (χ3n) is 3.93. The van der Waals surface area contributed by atoms with Crippen LogP contribution in [0, 0.1) is 11.3 Å². The maximum Gasteiger partial charge on any atom is -0.0300 e. The Bertz CT molecular complexity index is 128. The molecule has 0 amide bonds. The van der Waals surface area contributed by atoms with Gasteiger partial charge in [-0.3, -0.25) is 0 Å². The zero-order chi connectivity index (χ0) is 9.03. The Balaban J connectivity index is 2.42.